The van der Waals surface area contributed by atoms with E-state index >= 15 is 0 Å². The van der Waals surface area contributed by atoms with Gasteiger partial charge in [-0.1, -0.05) is 12.1 Å². The molecule has 0 saturated carbocycles. The van der Waals surface area contributed by atoms with Crippen LogP contribution in [-0.2, 0) is 12.7 Å². The maximum atomic E-state index is 14.9. The van der Waals surface area contributed by atoms with E-state index in [4.69, 9.17) is 4.42 Å². The lowest BCUT2D eigenvalue weighted by Crippen LogP contribution is -2.21. The van der Waals surface area contributed by atoms with Crippen LogP contribution in [0.1, 0.15) is 23.8 Å². The van der Waals surface area contributed by atoms with E-state index in [1.807, 2.05) is 0 Å². The molecule has 182 valence electrons. The van der Waals surface area contributed by atoms with Crippen LogP contribution in [0.15, 0.2) is 56.3 Å². The molecule has 3 rings (SSSR count). The largest absolute Gasteiger partial charge is 0.483 e. The van der Waals surface area contributed by atoms with Crippen LogP contribution in [0.3, 0.4) is 0 Å². The third-order valence-electron chi connectivity index (χ3n) is 4.51. The summed E-state index contributed by atoms with van der Waals surface area (Å²) in [5.41, 5.74) is -1.13. The van der Waals surface area contributed by atoms with Crippen LogP contribution in [0, 0.1) is 5.82 Å². The van der Waals surface area contributed by atoms with Crippen LogP contribution in [0.5, 0.6) is 5.75 Å². The first-order chi connectivity index (χ1) is 15.9. The Kier molecular flexibility index (Phi) is 7.12. The quantitative estimate of drug-likeness (QED) is 0.169. The lowest BCUT2D eigenvalue weighted by molar-refractivity contribution is -0.158. The fourth-order valence-corrected chi connectivity index (χ4v) is 2.93. The van der Waals surface area contributed by atoms with Crippen molar-refractivity contribution in [3.8, 4) is 5.75 Å². The second-order valence-corrected chi connectivity index (χ2v) is 7.01. The van der Waals surface area contributed by atoms with Gasteiger partial charge in [0.05, 0.1) is 12.6 Å². The Balaban J connectivity index is 1.82. The standard InChI is InChI=1S/C21H17F7N4O2/c1-11(31-32-29-2)17-7-12-3-4-13(18(22)19(12)34-17)9-30-14-5-6-16(33-10-20(23,24)25)15(8-14)21(26,27)28/h3-8,30H,9-10H2,1-2H3/b31-11-,32-29?. The molecule has 13 heteroatoms. The molecule has 34 heavy (non-hydrogen) atoms. The van der Waals surface area contributed by atoms with Crippen molar-refractivity contribution in [2.75, 3.05) is 19.0 Å². The van der Waals surface area contributed by atoms with Gasteiger partial charge in [-0.2, -0.15) is 31.5 Å². The van der Waals surface area contributed by atoms with Crippen molar-refractivity contribution >= 4 is 22.4 Å². The molecule has 0 aliphatic heterocycles. The number of ether oxygens (including phenoxy) is 1. The van der Waals surface area contributed by atoms with Crippen LogP contribution in [0.4, 0.5) is 36.4 Å². The number of anilines is 1. The summed E-state index contributed by atoms with van der Waals surface area (Å²) < 4.78 is 102. The lowest BCUT2D eigenvalue weighted by Gasteiger charge is -2.17. The van der Waals surface area contributed by atoms with Crippen molar-refractivity contribution in [3.63, 3.8) is 0 Å². The number of nitrogens with one attached hydrogen (secondary N) is 1. The van der Waals surface area contributed by atoms with Gasteiger partial charge in [0.2, 0.25) is 0 Å². The number of rotatable bonds is 7. The maximum Gasteiger partial charge on any atom is 0.422 e. The first-order valence-corrected chi connectivity index (χ1v) is 9.58. The lowest BCUT2D eigenvalue weighted by atomic mass is 10.1. The monoisotopic (exact) mass is 490 g/mol. The predicted octanol–water partition coefficient (Wildman–Crippen LogP) is 6.95. The van der Waals surface area contributed by atoms with Gasteiger partial charge in [-0.05, 0) is 36.4 Å². The summed E-state index contributed by atoms with van der Waals surface area (Å²) in [5, 5.41) is 13.8. The van der Waals surface area contributed by atoms with Crippen molar-refractivity contribution in [1.29, 1.82) is 0 Å². The predicted molar refractivity (Wildman–Crippen MR) is 109 cm³/mol. The molecule has 0 atom stereocenters. The highest BCUT2D eigenvalue weighted by atomic mass is 19.4. The van der Waals surface area contributed by atoms with Gasteiger partial charge in [-0.15, -0.1) is 5.10 Å². The fraction of sp³-hybridized carbons (Fsp3) is 0.286. The molecule has 0 spiro atoms. The molecule has 1 aromatic heterocycles. The van der Waals surface area contributed by atoms with Gasteiger partial charge >= 0.3 is 12.4 Å². The summed E-state index contributed by atoms with van der Waals surface area (Å²) in [6, 6.07) is 7.00. The third-order valence-corrected chi connectivity index (χ3v) is 4.51. The van der Waals surface area contributed by atoms with Crippen molar-refractivity contribution in [3.05, 3.63) is 59.1 Å². The average molecular weight is 490 g/mol. The van der Waals surface area contributed by atoms with Gasteiger partial charge < -0.3 is 14.5 Å². The highest BCUT2D eigenvalue weighted by Crippen LogP contribution is 2.38. The first-order valence-electron chi connectivity index (χ1n) is 9.58. The summed E-state index contributed by atoms with van der Waals surface area (Å²) >= 11 is 0. The third kappa shape index (κ3) is 6.02. The number of fused-ring (bicyclic) bond motifs is 1. The summed E-state index contributed by atoms with van der Waals surface area (Å²) in [5.74, 6) is -1.44. The van der Waals surface area contributed by atoms with Crippen LogP contribution in [0.2, 0.25) is 0 Å². The second kappa shape index (κ2) is 9.69. The Morgan fingerprint density at radius 1 is 1.06 bits per heavy atom. The number of benzene rings is 2. The SMILES string of the molecule is CN=N/N=C(/C)c1cc2ccc(CNc3ccc(OCC(F)(F)F)c(C(F)(F)F)c3)c(F)c2o1. The van der Waals surface area contributed by atoms with E-state index in [1.54, 1.807) is 19.1 Å². The summed E-state index contributed by atoms with van der Waals surface area (Å²) in [7, 11) is 1.43. The zero-order valence-electron chi connectivity index (χ0n) is 17.7. The van der Waals surface area contributed by atoms with Crippen LogP contribution >= 0.6 is 0 Å². The van der Waals surface area contributed by atoms with Gasteiger partial charge in [-0.3, -0.25) is 0 Å². The molecule has 0 amide bonds. The van der Waals surface area contributed by atoms with Gasteiger partial charge in [0.15, 0.2) is 23.8 Å². The number of hydrogen-bond acceptors (Lipinski definition) is 5. The number of nitrogens with zero attached hydrogens (tertiary/aromatic N) is 3. The van der Waals surface area contributed by atoms with Crippen molar-refractivity contribution in [2.24, 2.45) is 15.4 Å². The molecular weight excluding hydrogens is 473 g/mol. The fourth-order valence-electron chi connectivity index (χ4n) is 2.93. The molecule has 2 aromatic carbocycles. The van der Waals surface area contributed by atoms with E-state index in [9.17, 15) is 30.7 Å². The van der Waals surface area contributed by atoms with Crippen LogP contribution in [-0.4, -0.2) is 25.5 Å². The molecule has 3 aromatic rings. The van der Waals surface area contributed by atoms with E-state index in [-0.39, 0.29) is 29.1 Å². The topological polar surface area (TPSA) is 71.5 Å². The van der Waals surface area contributed by atoms with Gasteiger partial charge in [0.1, 0.15) is 11.5 Å². The molecule has 0 fully saturated rings. The molecular formula is C21H17F7N4O2. The number of alkyl halides is 6. The first kappa shape index (κ1) is 25.0. The minimum Gasteiger partial charge on any atom is -0.483 e. The summed E-state index contributed by atoms with van der Waals surface area (Å²) in [4.78, 5) is 0. The van der Waals surface area contributed by atoms with E-state index in [0.717, 1.165) is 12.1 Å². The summed E-state index contributed by atoms with van der Waals surface area (Å²) in [6.07, 6.45) is -9.77. The number of furan rings is 1. The van der Waals surface area contributed by atoms with Gasteiger partial charge in [0, 0.05) is 23.2 Å². The molecule has 0 unspecified atom stereocenters. The molecule has 1 heterocycles. The van der Waals surface area contributed by atoms with E-state index in [2.05, 4.69) is 25.5 Å². The van der Waals surface area contributed by atoms with E-state index in [0.29, 0.717) is 17.2 Å². The molecule has 0 radical (unpaired) electrons. The Labute approximate surface area is 188 Å². The van der Waals surface area contributed by atoms with Gasteiger partial charge in [-0.25, -0.2) is 4.39 Å². The Bertz CT molecular complexity index is 1230. The normalized spacial score (nSPS) is 13.1. The zero-order chi connectivity index (χ0) is 25.1. The Morgan fingerprint density at radius 3 is 2.44 bits per heavy atom. The minimum absolute atomic E-state index is 0.0795. The Hall–Kier alpha value is -3.64. The number of hydrogen-bond donors (Lipinski definition) is 1. The van der Waals surface area contributed by atoms with Crippen LogP contribution < -0.4 is 10.1 Å². The Morgan fingerprint density at radius 2 is 1.79 bits per heavy atom. The maximum absolute atomic E-state index is 14.9. The van der Waals surface area contributed by atoms with Crippen molar-refractivity contribution < 1.29 is 39.9 Å². The average Bonchev–Trinajstić information content (AvgIpc) is 3.20. The molecule has 6 nitrogen and oxygen atoms in total. The molecule has 0 bridgehead atoms. The van der Waals surface area contributed by atoms with Crippen molar-refractivity contribution in [1.82, 2.24) is 0 Å². The molecule has 0 saturated heterocycles. The highest BCUT2D eigenvalue weighted by molar-refractivity contribution is 5.99. The highest BCUT2D eigenvalue weighted by Gasteiger charge is 2.36. The zero-order valence-corrected chi connectivity index (χ0v) is 17.7. The minimum atomic E-state index is -4.97. The van der Waals surface area contributed by atoms with E-state index < -0.39 is 36.1 Å². The molecule has 0 aliphatic carbocycles. The number of halogens is 7. The van der Waals surface area contributed by atoms with E-state index in [1.165, 1.54) is 13.1 Å². The van der Waals surface area contributed by atoms with Crippen LogP contribution in [0.25, 0.3) is 11.0 Å². The van der Waals surface area contributed by atoms with Crippen molar-refractivity contribution in [2.45, 2.75) is 25.8 Å². The second-order valence-electron chi connectivity index (χ2n) is 7.01. The molecule has 1 N–H and O–H groups in total. The molecule has 0 aliphatic rings. The van der Waals surface area contributed by atoms with Gasteiger partial charge in [0.25, 0.3) is 0 Å². The smallest absolute Gasteiger partial charge is 0.422 e. The summed E-state index contributed by atoms with van der Waals surface area (Å²) in [6.45, 7) is -0.507.